The monoisotopic (exact) mass is 399 g/mol. The van der Waals surface area contributed by atoms with Gasteiger partial charge in [0.15, 0.2) is 9.84 Å². The average Bonchev–Trinajstić information content (AvgIpc) is 3.07. The molecule has 0 saturated carbocycles. The van der Waals surface area contributed by atoms with Crippen molar-refractivity contribution in [2.24, 2.45) is 0 Å². The number of hydrogen-bond acceptors (Lipinski definition) is 4. The molecular weight excluding hydrogens is 382 g/mol. The lowest BCUT2D eigenvalue weighted by atomic mass is 10.2. The van der Waals surface area contributed by atoms with Gasteiger partial charge in [0.05, 0.1) is 15.9 Å². The molecule has 0 aromatic heterocycles. The smallest absolute Gasteiger partial charge is 0.218 e. The average molecular weight is 400 g/mol. The third kappa shape index (κ3) is 4.06. The first kappa shape index (κ1) is 18.4. The van der Waals surface area contributed by atoms with Crippen LogP contribution >= 0.6 is 11.6 Å². The Morgan fingerprint density at radius 2 is 1.72 bits per heavy atom. The molecule has 0 amide bonds. The minimum atomic E-state index is -3.59. The number of nitrogens with zero attached hydrogens (tertiary/aromatic N) is 1. The number of sulfonamides is 1. The molecule has 0 radical (unpaired) electrons. The van der Waals surface area contributed by atoms with E-state index < -0.39 is 25.1 Å². The van der Waals surface area contributed by atoms with E-state index in [1.807, 2.05) is 0 Å². The maximum atomic E-state index is 12.7. The lowest BCUT2D eigenvalue weighted by molar-refractivity contribution is 0.475. The largest absolute Gasteiger partial charge is 0.223 e. The van der Waals surface area contributed by atoms with Crippen LogP contribution in [0, 0.1) is 0 Å². The molecule has 8 heteroatoms. The molecule has 0 N–H and O–H groups in total. The van der Waals surface area contributed by atoms with Crippen molar-refractivity contribution in [3.8, 4) is 0 Å². The van der Waals surface area contributed by atoms with Gasteiger partial charge in [-0.1, -0.05) is 41.9 Å². The second-order valence-electron chi connectivity index (χ2n) is 6.01. The van der Waals surface area contributed by atoms with E-state index in [0.717, 1.165) is 0 Å². The van der Waals surface area contributed by atoms with Crippen molar-refractivity contribution >= 4 is 31.5 Å². The highest BCUT2D eigenvalue weighted by atomic mass is 35.5. The zero-order chi connectivity index (χ0) is 18.1. The van der Waals surface area contributed by atoms with Crippen LogP contribution in [0.1, 0.15) is 12.0 Å². The van der Waals surface area contributed by atoms with Gasteiger partial charge < -0.3 is 0 Å². The van der Waals surface area contributed by atoms with Crippen molar-refractivity contribution in [3.63, 3.8) is 0 Å². The molecule has 5 nitrogen and oxygen atoms in total. The molecule has 1 saturated heterocycles. The molecular formula is C17H18ClNO4S2. The molecule has 2 aromatic carbocycles. The Hall–Kier alpha value is -1.41. The summed E-state index contributed by atoms with van der Waals surface area (Å²) in [5.41, 5.74) is 0.585. The van der Waals surface area contributed by atoms with E-state index >= 15 is 0 Å². The van der Waals surface area contributed by atoms with Gasteiger partial charge in [-0.2, -0.15) is 0 Å². The van der Waals surface area contributed by atoms with Crippen LogP contribution in [0.4, 0.5) is 0 Å². The molecule has 0 aliphatic carbocycles. The SMILES string of the molecule is O=S(=O)(c1ccccc1)[C@H]1CCN(S(=O)(=O)Cc2cccc(Cl)c2)C1. The molecule has 1 aliphatic rings. The van der Waals surface area contributed by atoms with Crippen molar-refractivity contribution in [3.05, 3.63) is 65.2 Å². The van der Waals surface area contributed by atoms with E-state index in [4.69, 9.17) is 11.6 Å². The summed E-state index contributed by atoms with van der Waals surface area (Å²) in [6.07, 6.45) is 0.298. The van der Waals surface area contributed by atoms with Crippen LogP contribution in [0.5, 0.6) is 0 Å². The number of benzene rings is 2. The Morgan fingerprint density at radius 1 is 1.00 bits per heavy atom. The van der Waals surface area contributed by atoms with Crippen molar-refractivity contribution in [2.75, 3.05) is 13.1 Å². The molecule has 2 aromatic rings. The van der Waals surface area contributed by atoms with Crippen LogP contribution in [0.2, 0.25) is 5.02 Å². The summed E-state index contributed by atoms with van der Waals surface area (Å²) in [6, 6.07) is 14.8. The molecule has 0 bridgehead atoms. The maximum Gasteiger partial charge on any atom is 0.218 e. The predicted molar refractivity (Wildman–Crippen MR) is 97.7 cm³/mol. The van der Waals surface area contributed by atoms with Crippen LogP contribution in [0.15, 0.2) is 59.5 Å². The number of halogens is 1. The van der Waals surface area contributed by atoms with Gasteiger partial charge in [0.2, 0.25) is 10.0 Å². The highest BCUT2D eigenvalue weighted by molar-refractivity contribution is 7.92. The molecule has 3 rings (SSSR count). The van der Waals surface area contributed by atoms with Gasteiger partial charge in [0, 0.05) is 18.1 Å². The molecule has 1 heterocycles. The zero-order valence-electron chi connectivity index (χ0n) is 13.4. The van der Waals surface area contributed by atoms with Gasteiger partial charge in [-0.25, -0.2) is 21.1 Å². The predicted octanol–water partition coefficient (Wildman–Crippen LogP) is 2.72. The fourth-order valence-corrected chi connectivity index (χ4v) is 6.53. The van der Waals surface area contributed by atoms with Crippen LogP contribution in [-0.2, 0) is 25.6 Å². The fraction of sp³-hybridized carbons (Fsp3) is 0.294. The third-order valence-corrected chi connectivity index (χ3v) is 8.49. The Kier molecular flexibility index (Phi) is 5.20. The minimum absolute atomic E-state index is 0.0138. The Balaban J connectivity index is 1.76. The molecule has 25 heavy (non-hydrogen) atoms. The Bertz CT molecular complexity index is 959. The zero-order valence-corrected chi connectivity index (χ0v) is 15.8. The van der Waals surface area contributed by atoms with Gasteiger partial charge in [-0.05, 0) is 36.2 Å². The summed E-state index contributed by atoms with van der Waals surface area (Å²) < 4.78 is 51.8. The quantitative estimate of drug-likeness (QED) is 0.775. The summed E-state index contributed by atoms with van der Waals surface area (Å²) in [4.78, 5) is 0.231. The minimum Gasteiger partial charge on any atom is -0.223 e. The molecule has 0 spiro atoms. The van der Waals surface area contributed by atoms with Crippen LogP contribution in [0.3, 0.4) is 0 Å². The molecule has 134 valence electrons. The first-order valence-corrected chi connectivity index (χ1v) is 11.3. The van der Waals surface area contributed by atoms with Crippen LogP contribution < -0.4 is 0 Å². The highest BCUT2D eigenvalue weighted by Crippen LogP contribution is 2.27. The molecule has 0 unspecified atom stereocenters. The fourth-order valence-electron chi connectivity index (χ4n) is 2.93. The van der Waals surface area contributed by atoms with E-state index in [-0.39, 0.29) is 23.7 Å². The standard InChI is InChI=1S/C17H18ClNO4S2/c18-15-6-4-5-14(11-15)13-24(20,21)19-10-9-17(12-19)25(22,23)16-7-2-1-3-8-16/h1-8,11,17H,9-10,12-13H2/t17-/m0/s1. The topological polar surface area (TPSA) is 71.5 Å². The highest BCUT2D eigenvalue weighted by Gasteiger charge is 2.38. The van der Waals surface area contributed by atoms with E-state index in [2.05, 4.69) is 0 Å². The number of sulfone groups is 1. The van der Waals surface area contributed by atoms with Crippen molar-refractivity contribution < 1.29 is 16.8 Å². The number of hydrogen-bond donors (Lipinski definition) is 0. The molecule has 1 fully saturated rings. The van der Waals surface area contributed by atoms with E-state index in [0.29, 0.717) is 17.0 Å². The van der Waals surface area contributed by atoms with E-state index in [1.165, 1.54) is 4.31 Å². The van der Waals surface area contributed by atoms with E-state index in [1.54, 1.807) is 54.6 Å². The Labute approximate surface area is 153 Å². The van der Waals surface area contributed by atoms with Crippen LogP contribution in [-0.4, -0.2) is 39.5 Å². The van der Waals surface area contributed by atoms with Gasteiger partial charge in [0.25, 0.3) is 0 Å². The first-order chi connectivity index (χ1) is 11.8. The van der Waals surface area contributed by atoms with Crippen LogP contribution in [0.25, 0.3) is 0 Å². The number of rotatable bonds is 5. The lowest BCUT2D eigenvalue weighted by Crippen LogP contribution is -2.32. The normalized spacial score (nSPS) is 19.2. The summed E-state index contributed by atoms with van der Waals surface area (Å²) in [7, 11) is -7.13. The van der Waals surface area contributed by atoms with Crippen molar-refractivity contribution in [1.82, 2.24) is 4.31 Å². The summed E-state index contributed by atoms with van der Waals surface area (Å²) in [5, 5.41) is -0.248. The molecule has 1 aliphatic heterocycles. The van der Waals surface area contributed by atoms with Gasteiger partial charge in [-0.15, -0.1) is 0 Å². The summed E-state index contributed by atoms with van der Waals surface area (Å²) in [6.45, 7) is 0.194. The van der Waals surface area contributed by atoms with E-state index in [9.17, 15) is 16.8 Å². The first-order valence-electron chi connectivity index (χ1n) is 7.80. The third-order valence-electron chi connectivity index (χ3n) is 4.25. The Morgan fingerprint density at radius 3 is 2.40 bits per heavy atom. The molecule has 1 atom stereocenters. The summed E-state index contributed by atoms with van der Waals surface area (Å²) >= 11 is 5.90. The van der Waals surface area contributed by atoms with Gasteiger partial charge >= 0.3 is 0 Å². The second-order valence-corrected chi connectivity index (χ2v) is 10.6. The van der Waals surface area contributed by atoms with Gasteiger partial charge in [-0.3, -0.25) is 0 Å². The lowest BCUT2D eigenvalue weighted by Gasteiger charge is -2.17. The maximum absolute atomic E-state index is 12.7. The van der Waals surface area contributed by atoms with Crippen molar-refractivity contribution in [1.29, 1.82) is 0 Å². The van der Waals surface area contributed by atoms with Crippen molar-refractivity contribution in [2.45, 2.75) is 22.3 Å². The van der Waals surface area contributed by atoms with Gasteiger partial charge in [0.1, 0.15) is 0 Å². The summed E-state index contributed by atoms with van der Waals surface area (Å²) in [5.74, 6) is -0.189. The second kappa shape index (κ2) is 7.07.